The van der Waals surface area contributed by atoms with Gasteiger partial charge in [0.2, 0.25) is 16.0 Å². The van der Waals surface area contributed by atoms with Crippen LogP contribution in [0, 0.1) is 11.6 Å². The number of alkyl halides is 3. The number of nitrogens with zero attached hydrogens (tertiary/aromatic N) is 6. The van der Waals surface area contributed by atoms with E-state index in [4.69, 9.17) is 4.74 Å². The number of phenolic OH excluding ortho intramolecular Hbond substituents is 1. The van der Waals surface area contributed by atoms with Gasteiger partial charge in [-0.3, -0.25) is 0 Å². The fraction of sp³-hybridized carbons (Fsp3) is 0.393. The summed E-state index contributed by atoms with van der Waals surface area (Å²) in [6.07, 6.45) is -3.49. The molecule has 4 aromatic rings. The zero-order valence-electron chi connectivity index (χ0n) is 23.7. The maximum absolute atomic E-state index is 14.9. The minimum atomic E-state index is -5.20. The quantitative estimate of drug-likeness (QED) is 0.215. The van der Waals surface area contributed by atoms with Crippen LogP contribution in [-0.2, 0) is 34.4 Å². The van der Waals surface area contributed by atoms with Gasteiger partial charge in [-0.25, -0.2) is 26.9 Å². The van der Waals surface area contributed by atoms with Gasteiger partial charge >= 0.3 is 6.18 Å². The number of anilines is 1. The molecule has 0 amide bonds. The largest absolute Gasteiger partial charge is 0.503 e. The zero-order chi connectivity index (χ0) is 31.8. The molecule has 236 valence electrons. The van der Waals surface area contributed by atoms with Crippen molar-refractivity contribution in [1.82, 2.24) is 24.1 Å². The van der Waals surface area contributed by atoms with Crippen LogP contribution in [0.2, 0.25) is 0 Å². The van der Waals surface area contributed by atoms with Gasteiger partial charge in [-0.1, -0.05) is 30.3 Å². The van der Waals surface area contributed by atoms with Gasteiger partial charge in [-0.05, 0) is 25.0 Å². The van der Waals surface area contributed by atoms with Gasteiger partial charge in [0.05, 0.1) is 23.3 Å². The highest BCUT2D eigenvalue weighted by Crippen LogP contribution is 2.41. The highest BCUT2D eigenvalue weighted by molar-refractivity contribution is 7.89. The van der Waals surface area contributed by atoms with E-state index in [1.165, 1.54) is 22.2 Å². The van der Waals surface area contributed by atoms with Crippen molar-refractivity contribution in [2.45, 2.75) is 25.6 Å². The number of halogens is 5. The highest BCUT2D eigenvalue weighted by atomic mass is 32.2. The van der Waals surface area contributed by atoms with Crippen LogP contribution in [0.1, 0.15) is 18.1 Å². The van der Waals surface area contributed by atoms with Crippen molar-refractivity contribution in [2.24, 2.45) is 7.05 Å². The lowest BCUT2D eigenvalue weighted by Gasteiger charge is -2.41. The van der Waals surface area contributed by atoms with Crippen molar-refractivity contribution >= 4 is 27.0 Å². The first kappa shape index (κ1) is 31.5. The van der Waals surface area contributed by atoms with E-state index < -0.39 is 44.7 Å². The summed E-state index contributed by atoms with van der Waals surface area (Å²) in [6, 6.07) is 9.30. The van der Waals surface area contributed by atoms with E-state index in [9.17, 15) is 35.5 Å². The Morgan fingerprint density at radius 1 is 1.11 bits per heavy atom. The third-order valence-electron chi connectivity index (χ3n) is 7.41. The van der Waals surface area contributed by atoms with Gasteiger partial charge in [0.1, 0.15) is 5.69 Å². The van der Waals surface area contributed by atoms with Crippen LogP contribution >= 0.6 is 0 Å². The van der Waals surface area contributed by atoms with Gasteiger partial charge in [-0.2, -0.15) is 27.6 Å². The van der Waals surface area contributed by atoms with Gasteiger partial charge in [-0.15, -0.1) is 0 Å². The van der Waals surface area contributed by atoms with Crippen molar-refractivity contribution < 1.29 is 40.2 Å². The minimum Gasteiger partial charge on any atom is -0.503 e. The van der Waals surface area contributed by atoms with Crippen LogP contribution in [0.15, 0.2) is 42.6 Å². The SMILES string of the molecule is CCOCCS(=O)(=O)N1CCN(c2ncc3c(-c4cc(C(F)(F)F)c(F)c(O)c4F)nn(C)c3n2)[C@H](Cc2ccccc2)C1. The Labute approximate surface area is 249 Å². The maximum atomic E-state index is 14.9. The maximum Gasteiger partial charge on any atom is 0.419 e. The van der Waals surface area contributed by atoms with Crippen LogP contribution in [0.25, 0.3) is 22.3 Å². The molecule has 0 aliphatic carbocycles. The Balaban J connectivity index is 1.52. The van der Waals surface area contributed by atoms with Gasteiger partial charge in [0, 0.05) is 51.1 Å². The molecule has 0 radical (unpaired) electrons. The average Bonchev–Trinajstić information content (AvgIpc) is 3.31. The number of fused-ring (bicyclic) bond motifs is 1. The number of aromatic nitrogens is 4. The second kappa shape index (κ2) is 12.2. The van der Waals surface area contributed by atoms with Crippen LogP contribution in [-0.4, -0.2) is 82.2 Å². The number of rotatable bonds is 9. The standard InChI is InChI=1S/C28H29F5N6O4S/c1-3-43-11-12-44(41,42)38-9-10-39(18(16-38)13-17-7-5-4-6-8-17)27-34-15-20-24(36-37(2)26(20)35-27)19-14-21(28(31,32)33)23(30)25(40)22(19)29/h4-8,14-15,18,40H,3,9-13,16H2,1-2H3/t18-/m1/s1. The van der Waals surface area contributed by atoms with Crippen molar-refractivity contribution in [1.29, 1.82) is 0 Å². The first-order valence-electron chi connectivity index (χ1n) is 13.7. The monoisotopic (exact) mass is 640 g/mol. The first-order valence-corrected chi connectivity index (χ1v) is 15.3. The second-order valence-electron chi connectivity index (χ2n) is 10.2. The van der Waals surface area contributed by atoms with E-state index in [0.29, 0.717) is 13.0 Å². The van der Waals surface area contributed by atoms with Crippen molar-refractivity contribution in [2.75, 3.05) is 43.5 Å². The number of phenols is 1. The first-order chi connectivity index (χ1) is 20.8. The van der Waals surface area contributed by atoms with E-state index in [0.717, 1.165) is 5.56 Å². The van der Waals surface area contributed by atoms with Crippen molar-refractivity contribution in [3.63, 3.8) is 0 Å². The number of piperazine rings is 1. The number of hydrogen-bond donors (Lipinski definition) is 1. The van der Waals surface area contributed by atoms with E-state index in [2.05, 4.69) is 15.1 Å². The van der Waals surface area contributed by atoms with Crippen LogP contribution in [0.4, 0.5) is 27.9 Å². The normalized spacial score (nSPS) is 16.6. The molecule has 0 saturated carbocycles. The smallest absolute Gasteiger partial charge is 0.419 e. The average molecular weight is 641 g/mol. The Morgan fingerprint density at radius 2 is 1.84 bits per heavy atom. The lowest BCUT2D eigenvalue weighted by Crippen LogP contribution is -2.56. The molecular weight excluding hydrogens is 611 g/mol. The van der Waals surface area contributed by atoms with Crippen LogP contribution in [0.3, 0.4) is 0 Å². The predicted octanol–water partition coefficient (Wildman–Crippen LogP) is 4.13. The van der Waals surface area contributed by atoms with E-state index in [1.807, 2.05) is 35.2 Å². The summed E-state index contributed by atoms with van der Waals surface area (Å²) in [4.78, 5) is 10.8. The van der Waals surface area contributed by atoms with Crippen LogP contribution in [0.5, 0.6) is 5.75 Å². The molecule has 16 heteroatoms. The molecule has 1 fully saturated rings. The fourth-order valence-corrected chi connectivity index (χ4v) is 6.55. The number of hydrogen-bond acceptors (Lipinski definition) is 8. The number of aromatic hydroxyl groups is 1. The molecule has 1 N–H and O–H groups in total. The summed E-state index contributed by atoms with van der Waals surface area (Å²) in [5.74, 6) is -5.46. The molecule has 0 spiro atoms. The van der Waals surface area contributed by atoms with Gasteiger partial charge in [0.15, 0.2) is 23.0 Å². The van der Waals surface area contributed by atoms with Crippen molar-refractivity contribution in [3.8, 4) is 17.0 Å². The van der Waals surface area contributed by atoms with Crippen LogP contribution < -0.4 is 4.90 Å². The Hall–Kier alpha value is -3.89. The van der Waals surface area contributed by atoms with Gasteiger partial charge in [0.25, 0.3) is 0 Å². The molecule has 1 atom stereocenters. The van der Waals surface area contributed by atoms with E-state index >= 15 is 0 Å². The second-order valence-corrected chi connectivity index (χ2v) is 12.3. The summed E-state index contributed by atoms with van der Waals surface area (Å²) in [5, 5.41) is 14.0. The number of sulfonamides is 1. The molecule has 3 heterocycles. The Bertz CT molecular complexity index is 1770. The minimum absolute atomic E-state index is 0.0611. The lowest BCUT2D eigenvalue weighted by atomic mass is 10.0. The molecule has 1 aliphatic rings. The highest BCUT2D eigenvalue weighted by Gasteiger charge is 2.39. The Kier molecular flexibility index (Phi) is 8.77. The summed E-state index contributed by atoms with van der Waals surface area (Å²) in [7, 11) is -2.17. The zero-order valence-corrected chi connectivity index (χ0v) is 24.5. The molecule has 1 aliphatic heterocycles. The molecule has 2 aromatic heterocycles. The molecule has 2 aromatic carbocycles. The summed E-state index contributed by atoms with van der Waals surface area (Å²) < 4.78 is 103. The molecule has 5 rings (SSSR count). The number of benzene rings is 2. The molecule has 44 heavy (non-hydrogen) atoms. The molecule has 0 bridgehead atoms. The fourth-order valence-electron chi connectivity index (χ4n) is 5.21. The summed E-state index contributed by atoms with van der Waals surface area (Å²) >= 11 is 0. The Morgan fingerprint density at radius 3 is 2.52 bits per heavy atom. The number of ether oxygens (including phenoxy) is 1. The molecule has 1 saturated heterocycles. The predicted molar refractivity (Wildman–Crippen MR) is 151 cm³/mol. The van der Waals surface area contributed by atoms with Crippen molar-refractivity contribution in [3.05, 3.63) is 65.4 Å². The third kappa shape index (κ3) is 6.19. The third-order valence-corrected chi connectivity index (χ3v) is 9.21. The van der Waals surface area contributed by atoms with Gasteiger partial charge < -0.3 is 14.7 Å². The molecule has 0 unspecified atom stereocenters. The summed E-state index contributed by atoms with van der Waals surface area (Å²) in [5.41, 5.74) is -1.86. The molecular formula is C28H29F5N6O4S. The topological polar surface area (TPSA) is 114 Å². The number of aryl methyl sites for hydroxylation is 1. The molecule has 10 nitrogen and oxygen atoms in total. The summed E-state index contributed by atoms with van der Waals surface area (Å²) in [6.45, 7) is 2.77. The lowest BCUT2D eigenvalue weighted by molar-refractivity contribution is -0.140. The van der Waals surface area contributed by atoms with E-state index in [-0.39, 0.29) is 66.8 Å². The van der Waals surface area contributed by atoms with E-state index in [1.54, 1.807) is 6.92 Å².